The summed E-state index contributed by atoms with van der Waals surface area (Å²) in [5.74, 6) is 0.183. The largest absolute Gasteiger partial charge is 0.493 e. The minimum absolute atomic E-state index is 0.244. The van der Waals surface area contributed by atoms with Crippen LogP contribution in [-0.4, -0.2) is 30.2 Å². The van der Waals surface area contributed by atoms with Gasteiger partial charge < -0.3 is 14.8 Å². The molecule has 0 fully saturated rings. The molecule has 0 bridgehead atoms. The molecule has 2 amide bonds. The van der Waals surface area contributed by atoms with Crippen LogP contribution in [0.3, 0.4) is 0 Å². The third kappa shape index (κ3) is 4.96. The number of carbonyl (C=O) groups is 2. The number of hydrogen-bond donors (Lipinski definition) is 2. The van der Waals surface area contributed by atoms with E-state index >= 15 is 0 Å². The van der Waals surface area contributed by atoms with Gasteiger partial charge in [0.05, 0.1) is 18.8 Å². The fourth-order valence-electron chi connectivity index (χ4n) is 3.43. The standard InChI is InChI=1S/C25H23N3O4S/c1-3-31-19-15-14-16-10-8-9-13-18(16)20(19)22(29)27-23-21(17-11-6-5-7-12-17)26-24(33-23)28-25(30)32-4-2/h5-15H,3-4H2,1-2H3,(H,27,29)(H,26,28,30). The fourth-order valence-corrected chi connectivity index (χ4v) is 4.30. The first-order valence-electron chi connectivity index (χ1n) is 10.6. The Balaban J connectivity index is 1.74. The van der Waals surface area contributed by atoms with Gasteiger partial charge in [-0.05, 0) is 30.7 Å². The molecular formula is C25H23N3O4S. The molecule has 0 saturated heterocycles. The normalized spacial score (nSPS) is 10.6. The third-order valence-electron chi connectivity index (χ3n) is 4.80. The van der Waals surface area contributed by atoms with Crippen molar-refractivity contribution < 1.29 is 19.1 Å². The molecule has 0 atom stereocenters. The quantitative estimate of drug-likeness (QED) is 0.343. The molecule has 0 spiro atoms. The molecular weight excluding hydrogens is 438 g/mol. The zero-order chi connectivity index (χ0) is 23.2. The molecule has 4 rings (SSSR count). The number of amides is 2. The van der Waals surface area contributed by atoms with Gasteiger partial charge in [-0.2, -0.15) is 0 Å². The molecule has 2 N–H and O–H groups in total. The molecule has 33 heavy (non-hydrogen) atoms. The number of hydrogen-bond acceptors (Lipinski definition) is 6. The number of aromatic nitrogens is 1. The lowest BCUT2D eigenvalue weighted by Crippen LogP contribution is -2.14. The van der Waals surface area contributed by atoms with E-state index in [-0.39, 0.29) is 12.5 Å². The van der Waals surface area contributed by atoms with Crippen molar-refractivity contribution in [2.45, 2.75) is 13.8 Å². The molecule has 0 aliphatic carbocycles. The van der Waals surface area contributed by atoms with Gasteiger partial charge in [0.15, 0.2) is 5.13 Å². The fraction of sp³-hybridized carbons (Fsp3) is 0.160. The van der Waals surface area contributed by atoms with E-state index in [1.54, 1.807) is 13.0 Å². The van der Waals surface area contributed by atoms with Crippen LogP contribution in [0, 0.1) is 0 Å². The van der Waals surface area contributed by atoms with Crippen molar-refractivity contribution in [3.63, 3.8) is 0 Å². The van der Waals surface area contributed by atoms with Gasteiger partial charge in [-0.15, -0.1) is 0 Å². The smallest absolute Gasteiger partial charge is 0.413 e. The van der Waals surface area contributed by atoms with E-state index in [1.165, 1.54) is 0 Å². The highest BCUT2D eigenvalue weighted by molar-refractivity contribution is 7.20. The summed E-state index contributed by atoms with van der Waals surface area (Å²) in [5.41, 5.74) is 1.81. The van der Waals surface area contributed by atoms with Crippen LogP contribution >= 0.6 is 11.3 Å². The zero-order valence-electron chi connectivity index (χ0n) is 18.3. The van der Waals surface area contributed by atoms with Crippen molar-refractivity contribution in [3.05, 3.63) is 72.3 Å². The van der Waals surface area contributed by atoms with Crippen molar-refractivity contribution in [1.82, 2.24) is 4.98 Å². The van der Waals surface area contributed by atoms with Crippen LogP contribution in [0.25, 0.3) is 22.0 Å². The first-order valence-corrected chi connectivity index (χ1v) is 11.4. The van der Waals surface area contributed by atoms with E-state index in [2.05, 4.69) is 15.6 Å². The predicted molar refractivity (Wildman–Crippen MR) is 131 cm³/mol. The Bertz CT molecular complexity index is 1290. The summed E-state index contributed by atoms with van der Waals surface area (Å²) in [7, 11) is 0. The lowest BCUT2D eigenvalue weighted by Gasteiger charge is -2.13. The third-order valence-corrected chi connectivity index (χ3v) is 5.69. The monoisotopic (exact) mass is 461 g/mol. The maximum atomic E-state index is 13.5. The predicted octanol–water partition coefficient (Wildman–Crippen LogP) is 6.18. The maximum absolute atomic E-state index is 13.5. The van der Waals surface area contributed by atoms with Crippen LogP contribution in [0.5, 0.6) is 5.75 Å². The van der Waals surface area contributed by atoms with Crippen LogP contribution < -0.4 is 15.4 Å². The first kappa shape index (κ1) is 22.3. The number of thiazole rings is 1. The number of benzene rings is 3. The Morgan fingerprint density at radius 2 is 1.67 bits per heavy atom. The molecule has 168 valence electrons. The van der Waals surface area contributed by atoms with E-state index < -0.39 is 6.09 Å². The minimum atomic E-state index is -0.601. The van der Waals surface area contributed by atoms with Crippen LogP contribution in [-0.2, 0) is 4.74 Å². The average molecular weight is 462 g/mol. The second-order valence-electron chi connectivity index (χ2n) is 6.96. The topological polar surface area (TPSA) is 89.5 Å². The summed E-state index contributed by atoms with van der Waals surface area (Å²) >= 11 is 1.16. The molecule has 8 heteroatoms. The van der Waals surface area contributed by atoms with Gasteiger partial charge in [0, 0.05) is 5.56 Å². The molecule has 1 heterocycles. The second kappa shape index (κ2) is 10.1. The number of anilines is 2. The Morgan fingerprint density at radius 1 is 0.909 bits per heavy atom. The lowest BCUT2D eigenvalue weighted by atomic mass is 10.0. The van der Waals surface area contributed by atoms with E-state index in [1.807, 2.05) is 67.6 Å². The molecule has 0 aliphatic heterocycles. The number of carbonyl (C=O) groups excluding carboxylic acids is 2. The van der Waals surface area contributed by atoms with Crippen molar-refractivity contribution in [3.8, 4) is 17.0 Å². The summed E-state index contributed by atoms with van der Waals surface area (Å²) in [4.78, 5) is 30.0. The molecule has 1 aromatic heterocycles. The Labute approximate surface area is 195 Å². The van der Waals surface area contributed by atoms with Crippen LogP contribution in [0.15, 0.2) is 66.7 Å². The van der Waals surface area contributed by atoms with E-state index in [9.17, 15) is 9.59 Å². The summed E-state index contributed by atoms with van der Waals surface area (Å²) in [6, 6.07) is 20.8. The number of fused-ring (bicyclic) bond motifs is 1. The molecule has 4 aromatic rings. The van der Waals surface area contributed by atoms with Crippen LogP contribution in [0.4, 0.5) is 14.9 Å². The highest BCUT2D eigenvalue weighted by Gasteiger charge is 2.21. The lowest BCUT2D eigenvalue weighted by molar-refractivity contribution is 0.102. The summed E-state index contributed by atoms with van der Waals surface area (Å²) in [6.45, 7) is 4.28. The van der Waals surface area contributed by atoms with Gasteiger partial charge in [-0.25, -0.2) is 9.78 Å². The molecule has 0 unspecified atom stereocenters. The summed E-state index contributed by atoms with van der Waals surface area (Å²) in [6.07, 6.45) is -0.601. The Morgan fingerprint density at radius 3 is 2.42 bits per heavy atom. The highest BCUT2D eigenvalue weighted by Crippen LogP contribution is 2.37. The van der Waals surface area contributed by atoms with Crippen LogP contribution in [0.2, 0.25) is 0 Å². The molecule has 0 saturated carbocycles. The van der Waals surface area contributed by atoms with Gasteiger partial charge >= 0.3 is 6.09 Å². The maximum Gasteiger partial charge on any atom is 0.413 e. The van der Waals surface area contributed by atoms with E-state index in [0.717, 1.165) is 27.7 Å². The first-order chi connectivity index (χ1) is 16.1. The summed E-state index contributed by atoms with van der Waals surface area (Å²) < 4.78 is 10.7. The molecule has 0 aliphatic rings. The SMILES string of the molecule is CCOC(=O)Nc1nc(-c2ccccc2)c(NC(=O)c2c(OCC)ccc3ccccc23)s1. The van der Waals surface area contributed by atoms with Gasteiger partial charge in [-0.1, -0.05) is 72.0 Å². The van der Waals surface area contributed by atoms with Gasteiger partial charge in [-0.3, -0.25) is 10.1 Å². The minimum Gasteiger partial charge on any atom is -0.493 e. The zero-order valence-corrected chi connectivity index (χ0v) is 19.1. The molecule has 3 aromatic carbocycles. The van der Waals surface area contributed by atoms with Crippen molar-refractivity contribution in [1.29, 1.82) is 0 Å². The Hall–Kier alpha value is -3.91. The van der Waals surface area contributed by atoms with Crippen molar-refractivity contribution in [2.75, 3.05) is 23.8 Å². The molecule has 7 nitrogen and oxygen atoms in total. The summed E-state index contributed by atoms with van der Waals surface area (Å²) in [5, 5.41) is 8.16. The van der Waals surface area contributed by atoms with Gasteiger partial charge in [0.25, 0.3) is 5.91 Å². The van der Waals surface area contributed by atoms with E-state index in [4.69, 9.17) is 9.47 Å². The number of nitrogens with one attached hydrogen (secondary N) is 2. The van der Waals surface area contributed by atoms with Crippen LogP contribution in [0.1, 0.15) is 24.2 Å². The van der Waals surface area contributed by atoms with Crippen molar-refractivity contribution >= 4 is 44.2 Å². The van der Waals surface area contributed by atoms with Crippen molar-refractivity contribution in [2.24, 2.45) is 0 Å². The van der Waals surface area contributed by atoms with Gasteiger partial charge in [0.1, 0.15) is 16.4 Å². The second-order valence-corrected chi connectivity index (χ2v) is 7.95. The average Bonchev–Trinajstić information content (AvgIpc) is 3.21. The Kier molecular flexibility index (Phi) is 6.85. The number of ether oxygens (including phenoxy) is 2. The van der Waals surface area contributed by atoms with Gasteiger partial charge in [0.2, 0.25) is 0 Å². The highest BCUT2D eigenvalue weighted by atomic mass is 32.1. The number of nitrogens with zero attached hydrogens (tertiary/aromatic N) is 1. The molecule has 0 radical (unpaired) electrons. The number of rotatable bonds is 7. The van der Waals surface area contributed by atoms with E-state index in [0.29, 0.717) is 33.7 Å².